The molecule has 1 amide bonds. The molecule has 1 heterocycles. The molecule has 5 heteroatoms. The van der Waals surface area contributed by atoms with Crippen molar-refractivity contribution in [3.63, 3.8) is 0 Å². The summed E-state index contributed by atoms with van der Waals surface area (Å²) in [4.78, 5) is 15.3. The Morgan fingerprint density at radius 2 is 2.40 bits per heavy atom. The molecule has 0 aliphatic heterocycles. The smallest absolute Gasteiger partial charge is 0.246 e. The van der Waals surface area contributed by atoms with Gasteiger partial charge in [0.2, 0.25) is 5.91 Å². The van der Waals surface area contributed by atoms with Gasteiger partial charge in [0, 0.05) is 12.7 Å². The minimum absolute atomic E-state index is 0.0457. The van der Waals surface area contributed by atoms with E-state index in [4.69, 9.17) is 10.5 Å². The monoisotopic (exact) mass is 209 g/mol. The Bertz CT molecular complexity index is 290. The van der Waals surface area contributed by atoms with Crippen molar-refractivity contribution in [1.29, 1.82) is 0 Å². The largest absolute Gasteiger partial charge is 0.370 e. The highest BCUT2D eigenvalue weighted by Crippen LogP contribution is 1.91. The molecule has 0 radical (unpaired) electrons. The first-order chi connectivity index (χ1) is 7.33. The Morgan fingerprint density at radius 1 is 1.53 bits per heavy atom. The molecule has 0 aliphatic carbocycles. The minimum Gasteiger partial charge on any atom is -0.370 e. The van der Waals surface area contributed by atoms with Gasteiger partial charge in [0.1, 0.15) is 6.61 Å². The van der Waals surface area contributed by atoms with Crippen LogP contribution in [0.15, 0.2) is 24.4 Å². The lowest BCUT2D eigenvalue weighted by Gasteiger charge is -2.04. The van der Waals surface area contributed by atoms with Crippen LogP contribution in [-0.4, -0.2) is 30.6 Å². The molecule has 1 aromatic heterocycles. The highest BCUT2D eigenvalue weighted by Gasteiger charge is 2.00. The van der Waals surface area contributed by atoms with Crippen molar-refractivity contribution in [2.24, 2.45) is 5.73 Å². The number of rotatable bonds is 6. The first-order valence-electron chi connectivity index (χ1n) is 4.77. The molecule has 82 valence electrons. The molecular weight excluding hydrogens is 194 g/mol. The molecule has 0 saturated carbocycles. The molecule has 0 atom stereocenters. The third kappa shape index (κ3) is 5.09. The van der Waals surface area contributed by atoms with Crippen LogP contribution in [0.4, 0.5) is 0 Å². The number of pyridine rings is 1. The van der Waals surface area contributed by atoms with E-state index < -0.39 is 0 Å². The van der Waals surface area contributed by atoms with E-state index in [9.17, 15) is 4.79 Å². The Labute approximate surface area is 88.6 Å². The van der Waals surface area contributed by atoms with Crippen LogP contribution in [0.3, 0.4) is 0 Å². The second-order valence-corrected chi connectivity index (χ2v) is 2.94. The van der Waals surface area contributed by atoms with Gasteiger partial charge in [-0.05, 0) is 12.1 Å². The average Bonchev–Trinajstić information content (AvgIpc) is 2.28. The lowest BCUT2D eigenvalue weighted by atomic mass is 10.3. The van der Waals surface area contributed by atoms with E-state index in [2.05, 4.69) is 10.3 Å². The standard InChI is InChI=1S/C10H15N3O2/c11-4-6-15-8-10(14)13-7-9-3-1-2-5-12-9/h1-3,5H,4,6-8,11H2,(H,13,14). The quantitative estimate of drug-likeness (QED) is 0.629. The van der Waals surface area contributed by atoms with E-state index in [1.54, 1.807) is 6.20 Å². The summed E-state index contributed by atoms with van der Waals surface area (Å²) >= 11 is 0. The fourth-order valence-corrected chi connectivity index (χ4v) is 0.991. The van der Waals surface area contributed by atoms with Crippen LogP contribution >= 0.6 is 0 Å². The van der Waals surface area contributed by atoms with Crippen LogP contribution < -0.4 is 11.1 Å². The molecule has 1 aromatic rings. The van der Waals surface area contributed by atoms with Crippen molar-refractivity contribution in [2.75, 3.05) is 19.8 Å². The van der Waals surface area contributed by atoms with Gasteiger partial charge in [0.25, 0.3) is 0 Å². The lowest BCUT2D eigenvalue weighted by Crippen LogP contribution is -2.28. The number of ether oxygens (including phenoxy) is 1. The summed E-state index contributed by atoms with van der Waals surface area (Å²) in [6, 6.07) is 5.55. The summed E-state index contributed by atoms with van der Waals surface area (Å²) in [6.45, 7) is 1.29. The van der Waals surface area contributed by atoms with Crippen molar-refractivity contribution in [3.8, 4) is 0 Å². The van der Waals surface area contributed by atoms with Crippen LogP contribution in [0.1, 0.15) is 5.69 Å². The van der Waals surface area contributed by atoms with Gasteiger partial charge in [-0.2, -0.15) is 0 Å². The third-order valence-corrected chi connectivity index (χ3v) is 1.69. The number of nitrogens with two attached hydrogens (primary N) is 1. The zero-order valence-electron chi connectivity index (χ0n) is 8.48. The van der Waals surface area contributed by atoms with E-state index in [0.29, 0.717) is 19.7 Å². The van der Waals surface area contributed by atoms with Crippen molar-refractivity contribution in [3.05, 3.63) is 30.1 Å². The molecule has 15 heavy (non-hydrogen) atoms. The van der Waals surface area contributed by atoms with Gasteiger partial charge in [0.05, 0.1) is 18.8 Å². The van der Waals surface area contributed by atoms with Gasteiger partial charge < -0.3 is 15.8 Å². The van der Waals surface area contributed by atoms with Crippen molar-refractivity contribution in [2.45, 2.75) is 6.54 Å². The maximum absolute atomic E-state index is 11.2. The number of nitrogens with zero attached hydrogens (tertiary/aromatic N) is 1. The van der Waals surface area contributed by atoms with Gasteiger partial charge in [-0.1, -0.05) is 6.07 Å². The van der Waals surface area contributed by atoms with Crippen LogP contribution in [0.25, 0.3) is 0 Å². The minimum atomic E-state index is -0.158. The Kier molecular flexibility index (Phi) is 5.35. The summed E-state index contributed by atoms with van der Waals surface area (Å²) < 4.78 is 4.98. The molecule has 1 rings (SSSR count). The number of carbonyl (C=O) groups is 1. The van der Waals surface area contributed by atoms with E-state index in [1.807, 2.05) is 18.2 Å². The summed E-state index contributed by atoms with van der Waals surface area (Å²) in [7, 11) is 0. The van der Waals surface area contributed by atoms with Crippen molar-refractivity contribution >= 4 is 5.91 Å². The Balaban J connectivity index is 2.17. The molecule has 3 N–H and O–H groups in total. The molecule has 5 nitrogen and oxygen atoms in total. The molecule has 0 unspecified atom stereocenters. The van der Waals surface area contributed by atoms with Gasteiger partial charge in [-0.3, -0.25) is 9.78 Å². The fraction of sp³-hybridized carbons (Fsp3) is 0.400. The molecule has 0 saturated heterocycles. The molecule has 0 aliphatic rings. The number of carbonyl (C=O) groups excluding carboxylic acids is 1. The normalized spacial score (nSPS) is 9.93. The number of amides is 1. The summed E-state index contributed by atoms with van der Waals surface area (Å²) in [5.41, 5.74) is 6.04. The van der Waals surface area contributed by atoms with E-state index in [1.165, 1.54) is 0 Å². The number of nitrogens with one attached hydrogen (secondary N) is 1. The van der Waals surface area contributed by atoms with Crippen molar-refractivity contribution in [1.82, 2.24) is 10.3 Å². The Hall–Kier alpha value is -1.46. The van der Waals surface area contributed by atoms with Crippen LogP contribution in [-0.2, 0) is 16.1 Å². The molecular formula is C10H15N3O2. The topological polar surface area (TPSA) is 77.2 Å². The highest BCUT2D eigenvalue weighted by molar-refractivity contribution is 5.77. The second-order valence-electron chi connectivity index (χ2n) is 2.94. The summed E-state index contributed by atoms with van der Waals surface area (Å²) in [6.07, 6.45) is 1.69. The number of hydrogen-bond donors (Lipinski definition) is 2. The molecule has 0 fully saturated rings. The number of hydrogen-bond acceptors (Lipinski definition) is 4. The van der Waals surface area contributed by atoms with Crippen molar-refractivity contribution < 1.29 is 9.53 Å². The highest BCUT2D eigenvalue weighted by atomic mass is 16.5. The van der Waals surface area contributed by atoms with E-state index >= 15 is 0 Å². The predicted molar refractivity (Wildman–Crippen MR) is 56.0 cm³/mol. The zero-order chi connectivity index (χ0) is 10.9. The first kappa shape index (κ1) is 11.6. The van der Waals surface area contributed by atoms with Crippen LogP contribution in [0.2, 0.25) is 0 Å². The maximum atomic E-state index is 11.2. The SMILES string of the molecule is NCCOCC(=O)NCc1ccccn1. The van der Waals surface area contributed by atoms with E-state index in [0.717, 1.165) is 5.69 Å². The fourth-order valence-electron chi connectivity index (χ4n) is 0.991. The van der Waals surface area contributed by atoms with E-state index in [-0.39, 0.29) is 12.5 Å². The molecule has 0 spiro atoms. The van der Waals surface area contributed by atoms with Crippen LogP contribution in [0.5, 0.6) is 0 Å². The summed E-state index contributed by atoms with van der Waals surface area (Å²) in [5, 5.41) is 2.69. The first-order valence-corrected chi connectivity index (χ1v) is 4.77. The lowest BCUT2D eigenvalue weighted by molar-refractivity contribution is -0.125. The van der Waals surface area contributed by atoms with Gasteiger partial charge in [0.15, 0.2) is 0 Å². The predicted octanol–water partition coefficient (Wildman–Crippen LogP) is -0.327. The van der Waals surface area contributed by atoms with Gasteiger partial charge in [-0.15, -0.1) is 0 Å². The van der Waals surface area contributed by atoms with Crippen LogP contribution in [0, 0.1) is 0 Å². The summed E-state index contributed by atoms with van der Waals surface area (Å²) in [5.74, 6) is -0.158. The van der Waals surface area contributed by atoms with Gasteiger partial charge >= 0.3 is 0 Å². The Morgan fingerprint density at radius 3 is 3.07 bits per heavy atom. The van der Waals surface area contributed by atoms with Gasteiger partial charge in [-0.25, -0.2) is 0 Å². The molecule has 0 aromatic carbocycles. The average molecular weight is 209 g/mol. The zero-order valence-corrected chi connectivity index (χ0v) is 8.48. The maximum Gasteiger partial charge on any atom is 0.246 e. The third-order valence-electron chi connectivity index (χ3n) is 1.69. The molecule has 0 bridgehead atoms. The number of aromatic nitrogens is 1. The second kappa shape index (κ2) is 6.92.